The number of anilines is 2. The number of carbonyl (C=O) groups excluding carboxylic acids is 4. The molecule has 6 rings (SSSR count). The summed E-state index contributed by atoms with van der Waals surface area (Å²) in [6.07, 6.45) is 1.37. The van der Waals surface area contributed by atoms with Crippen LogP contribution >= 0.6 is 23.2 Å². The first-order chi connectivity index (χ1) is 22.5. The van der Waals surface area contributed by atoms with Gasteiger partial charge >= 0.3 is 11.4 Å². The maximum absolute atomic E-state index is 14.3. The summed E-state index contributed by atoms with van der Waals surface area (Å²) in [6.45, 7) is 1.90. The van der Waals surface area contributed by atoms with Crippen LogP contribution in [0.5, 0.6) is 11.5 Å². The third kappa shape index (κ3) is 4.33. The number of hydrogen-bond donors (Lipinski definition) is 1. The minimum atomic E-state index is -2.07. The number of rotatable bonds is 7. The second-order valence-corrected chi connectivity index (χ2v) is 13.7. The first kappa shape index (κ1) is 33.2. The normalized spacial score (nSPS) is 29.3. The summed E-state index contributed by atoms with van der Waals surface area (Å²) in [7, 11) is 4.03. The lowest BCUT2D eigenvalue weighted by molar-refractivity contribution is -0.392. The highest BCUT2D eigenvalue weighted by Crippen LogP contribution is 2.65. The minimum Gasteiger partial charge on any atom is -0.504 e. The molecule has 0 radical (unpaired) electrons. The molecule has 2 saturated heterocycles. The van der Waals surface area contributed by atoms with Crippen molar-refractivity contribution in [2.24, 2.45) is 17.8 Å². The summed E-state index contributed by atoms with van der Waals surface area (Å²) in [5.41, 5.74) is -1.20. The lowest BCUT2D eigenvalue weighted by atomic mass is 9.56. The number of nitro groups is 2. The number of phenolic OH excluding ortho intramolecular Hbond substituents is 1. The molecule has 2 aliphatic heterocycles. The van der Waals surface area contributed by atoms with E-state index in [0.717, 1.165) is 17.0 Å². The molecule has 48 heavy (non-hydrogen) atoms. The van der Waals surface area contributed by atoms with E-state index in [4.69, 9.17) is 27.9 Å². The van der Waals surface area contributed by atoms with Gasteiger partial charge in [0.05, 0.1) is 34.0 Å². The maximum atomic E-state index is 14.3. The van der Waals surface area contributed by atoms with Gasteiger partial charge in [0.25, 0.3) is 11.8 Å². The first-order valence-corrected chi connectivity index (χ1v) is 15.6. The third-order valence-electron chi connectivity index (χ3n) is 9.78. The van der Waals surface area contributed by atoms with Gasteiger partial charge in [-0.05, 0) is 43.4 Å². The predicted molar refractivity (Wildman–Crippen MR) is 171 cm³/mol. The number of carbonyl (C=O) groups is 4. The van der Waals surface area contributed by atoms with Gasteiger partial charge in [0.15, 0.2) is 26.9 Å². The molecule has 0 aromatic heterocycles. The minimum absolute atomic E-state index is 0.00925. The van der Waals surface area contributed by atoms with Crippen molar-refractivity contribution in [1.82, 2.24) is 4.90 Å². The van der Waals surface area contributed by atoms with E-state index in [1.807, 2.05) is 0 Å². The van der Waals surface area contributed by atoms with E-state index in [-0.39, 0.29) is 42.3 Å². The number of phenols is 1. The summed E-state index contributed by atoms with van der Waals surface area (Å²) in [5.74, 6) is -7.39. The molecule has 2 aromatic rings. The number of aromatic hydroxyl groups is 1. The van der Waals surface area contributed by atoms with Crippen molar-refractivity contribution < 1.29 is 38.9 Å². The van der Waals surface area contributed by atoms with Crippen LogP contribution in [-0.2, 0) is 19.2 Å². The van der Waals surface area contributed by atoms with Crippen molar-refractivity contribution in [2.45, 2.75) is 35.4 Å². The average molecular weight is 703 g/mol. The van der Waals surface area contributed by atoms with E-state index in [1.165, 1.54) is 44.2 Å². The van der Waals surface area contributed by atoms with Gasteiger partial charge in [-0.25, -0.2) is 4.90 Å². The van der Waals surface area contributed by atoms with Gasteiger partial charge in [-0.3, -0.25) is 44.3 Å². The number of amides is 4. The van der Waals surface area contributed by atoms with Gasteiger partial charge in [-0.2, -0.15) is 0 Å². The Bertz CT molecular complexity index is 1850. The van der Waals surface area contributed by atoms with Gasteiger partial charge in [-0.1, -0.05) is 17.7 Å². The number of fused-ring (bicyclic) bond motifs is 4. The molecular formula is C31H29Cl2N5O10. The van der Waals surface area contributed by atoms with Crippen molar-refractivity contribution in [3.05, 3.63) is 67.8 Å². The Hall–Kier alpha value is -4.76. The van der Waals surface area contributed by atoms with E-state index in [9.17, 15) is 44.5 Å². The number of benzene rings is 2. The Morgan fingerprint density at radius 1 is 1.00 bits per heavy atom. The zero-order chi connectivity index (χ0) is 35.2. The maximum Gasteiger partial charge on any atom is 0.301 e. The average Bonchev–Trinajstić information content (AvgIpc) is 3.36. The molecule has 0 spiro atoms. The zero-order valence-corrected chi connectivity index (χ0v) is 27.5. The van der Waals surface area contributed by atoms with Crippen molar-refractivity contribution in [3.63, 3.8) is 0 Å². The highest BCUT2D eigenvalue weighted by molar-refractivity contribution is 6.53. The number of nitrogens with zero attached hydrogens (tertiary/aromatic N) is 5. The Labute approximate surface area is 282 Å². The molecule has 2 aliphatic carbocycles. The summed E-state index contributed by atoms with van der Waals surface area (Å²) >= 11 is 14.3. The highest BCUT2D eigenvalue weighted by Gasteiger charge is 2.76. The van der Waals surface area contributed by atoms with Crippen LogP contribution in [0.3, 0.4) is 0 Å². The van der Waals surface area contributed by atoms with Crippen LogP contribution in [0.2, 0.25) is 0 Å². The highest BCUT2D eigenvalue weighted by atomic mass is 35.5. The number of ether oxygens (including phenoxy) is 1. The molecule has 0 bridgehead atoms. The fraction of sp³-hybridized carbons (Fsp3) is 0.419. The van der Waals surface area contributed by atoms with Crippen LogP contribution < -0.4 is 14.5 Å². The van der Waals surface area contributed by atoms with E-state index in [1.54, 1.807) is 13.0 Å². The number of imide groups is 2. The van der Waals surface area contributed by atoms with Crippen LogP contribution in [0.25, 0.3) is 0 Å². The number of hydrogen-bond acceptors (Lipinski definition) is 11. The predicted octanol–water partition coefficient (Wildman–Crippen LogP) is 3.87. The van der Waals surface area contributed by atoms with Crippen molar-refractivity contribution in [3.8, 4) is 11.5 Å². The largest absolute Gasteiger partial charge is 0.504 e. The molecule has 4 aliphatic rings. The van der Waals surface area contributed by atoms with Crippen LogP contribution in [0.1, 0.15) is 31.2 Å². The van der Waals surface area contributed by atoms with Crippen molar-refractivity contribution >= 4 is 69.6 Å². The smallest absolute Gasteiger partial charge is 0.301 e. The van der Waals surface area contributed by atoms with E-state index < -0.39 is 78.3 Å². The van der Waals surface area contributed by atoms with E-state index in [0.29, 0.717) is 16.0 Å². The third-order valence-corrected chi connectivity index (χ3v) is 11.2. The molecule has 15 nitrogen and oxygen atoms in total. The SMILES string of the molecule is CCOc1cc([C@H]2C3=CC[C@@H]4C(=O)N(c5cc([N+](=O)[O-])c(N(C)C)c([N+](=O)[O-])c5)C(=O)[C@@H]4[C@@H]3C[C@@]3(Cl)C(=O)N(C)C(=O)[C@@]23Cl)ccc1O. The molecular weight excluding hydrogens is 673 g/mol. The van der Waals surface area contributed by atoms with E-state index >= 15 is 0 Å². The molecule has 2 aromatic carbocycles. The van der Waals surface area contributed by atoms with Crippen LogP contribution in [0, 0.1) is 38.0 Å². The molecule has 3 fully saturated rings. The fourth-order valence-electron chi connectivity index (χ4n) is 7.81. The fourth-order valence-corrected chi connectivity index (χ4v) is 8.83. The standard InChI is InChI=1S/C31H29Cl2N5O10/c1-5-48-22-10-14(6-9-21(22)39)24-16-7-8-17-23(18(16)13-30(32)28(42)35(4)29(43)31(24,30)33)27(41)36(26(17)40)15-11-19(37(44)45)25(34(2)3)20(12-15)38(46)47/h6-7,9-12,17-18,23-24,39H,5,8,13H2,1-4H3/t17-,18+,23-,24-,30+,31-/m0/s1. The van der Waals surface area contributed by atoms with Crippen LogP contribution in [0.15, 0.2) is 42.0 Å². The van der Waals surface area contributed by atoms with Crippen molar-refractivity contribution in [2.75, 3.05) is 37.5 Å². The summed E-state index contributed by atoms with van der Waals surface area (Å²) in [5, 5.41) is 34.5. The van der Waals surface area contributed by atoms with Crippen molar-refractivity contribution in [1.29, 1.82) is 0 Å². The number of nitro benzene ring substituents is 2. The Balaban J connectivity index is 1.51. The van der Waals surface area contributed by atoms with Gasteiger partial charge in [0.2, 0.25) is 11.8 Å². The summed E-state index contributed by atoms with van der Waals surface area (Å²) in [6, 6.07) is 6.23. The lowest BCUT2D eigenvalue weighted by Crippen LogP contribution is -2.60. The molecule has 1 N–H and O–H groups in total. The summed E-state index contributed by atoms with van der Waals surface area (Å²) in [4.78, 5) is 76.7. The monoisotopic (exact) mass is 701 g/mol. The Kier molecular flexibility index (Phi) is 7.71. The molecule has 6 atom stereocenters. The number of alkyl halides is 2. The zero-order valence-electron chi connectivity index (χ0n) is 26.0. The second-order valence-electron chi connectivity index (χ2n) is 12.4. The Morgan fingerprint density at radius 2 is 1.62 bits per heavy atom. The topological polar surface area (TPSA) is 194 Å². The van der Waals surface area contributed by atoms with Crippen LogP contribution in [0.4, 0.5) is 22.7 Å². The quantitative estimate of drug-likeness (QED) is 0.145. The van der Waals surface area contributed by atoms with Gasteiger partial charge in [0.1, 0.15) is 0 Å². The number of halogens is 2. The number of allylic oxidation sites excluding steroid dienone is 2. The van der Waals surface area contributed by atoms with Gasteiger partial charge in [-0.15, -0.1) is 23.2 Å². The molecule has 0 unspecified atom stereocenters. The molecule has 2 heterocycles. The summed E-state index contributed by atoms with van der Waals surface area (Å²) < 4.78 is 5.57. The van der Waals surface area contributed by atoms with Gasteiger partial charge < -0.3 is 14.7 Å². The second kappa shape index (κ2) is 11.2. The Morgan fingerprint density at radius 3 is 2.19 bits per heavy atom. The lowest BCUT2D eigenvalue weighted by Gasteiger charge is -2.50. The van der Waals surface area contributed by atoms with Crippen LogP contribution in [-0.4, -0.2) is 81.0 Å². The molecule has 4 amide bonds. The number of likely N-dealkylation sites (tertiary alicyclic amines) is 1. The molecule has 1 saturated carbocycles. The van der Waals surface area contributed by atoms with E-state index in [2.05, 4.69) is 0 Å². The molecule has 252 valence electrons. The first-order valence-electron chi connectivity index (χ1n) is 14.9. The molecule has 17 heteroatoms. The van der Waals surface area contributed by atoms with Gasteiger partial charge in [0, 0.05) is 39.2 Å².